The summed E-state index contributed by atoms with van der Waals surface area (Å²) in [6.45, 7) is 3.40. The summed E-state index contributed by atoms with van der Waals surface area (Å²) in [5.41, 5.74) is 5.47. The van der Waals surface area contributed by atoms with E-state index in [4.69, 9.17) is 21.3 Å². The van der Waals surface area contributed by atoms with Gasteiger partial charge in [-0.05, 0) is 85.1 Å². The first-order chi connectivity index (χ1) is 17.2. The summed E-state index contributed by atoms with van der Waals surface area (Å²) in [4.78, 5) is 4.70. The maximum absolute atomic E-state index is 6.09. The van der Waals surface area contributed by atoms with Gasteiger partial charge in [-0.15, -0.1) is 0 Å². The third kappa shape index (κ3) is 6.49. The lowest BCUT2D eigenvalue weighted by atomic mass is 10.0. The fraction of sp³-hybridized carbons (Fsp3) is 0.233. The van der Waals surface area contributed by atoms with Crippen molar-refractivity contribution in [3.8, 4) is 5.75 Å². The van der Waals surface area contributed by atoms with Gasteiger partial charge < -0.3 is 15.4 Å². The topological polar surface area (TPSA) is 46.2 Å². The number of piperidine rings is 1. The van der Waals surface area contributed by atoms with Gasteiger partial charge in [0.15, 0.2) is 0 Å². The van der Waals surface area contributed by atoms with E-state index in [2.05, 4.69) is 53.1 Å². The van der Waals surface area contributed by atoms with Crippen molar-refractivity contribution < 1.29 is 4.74 Å². The maximum atomic E-state index is 6.09. The first-order valence-corrected chi connectivity index (χ1v) is 12.6. The highest BCUT2D eigenvalue weighted by molar-refractivity contribution is 6.30. The van der Waals surface area contributed by atoms with Gasteiger partial charge in [-0.25, -0.2) is 4.98 Å². The molecule has 0 saturated carbocycles. The van der Waals surface area contributed by atoms with Gasteiger partial charge in [0.05, 0.1) is 11.2 Å². The quantitative estimate of drug-likeness (QED) is 0.287. The van der Waals surface area contributed by atoms with Gasteiger partial charge in [0, 0.05) is 23.0 Å². The Bertz CT molecular complexity index is 1280. The molecular weight excluding hydrogens is 454 g/mol. The average molecular weight is 484 g/mol. The lowest BCUT2D eigenvalue weighted by Gasteiger charge is -2.24. The minimum absolute atomic E-state index is 0.439. The van der Waals surface area contributed by atoms with Gasteiger partial charge in [-0.2, -0.15) is 0 Å². The minimum Gasteiger partial charge on any atom is -0.487 e. The predicted octanol–water partition coefficient (Wildman–Crippen LogP) is 6.35. The molecular formula is C30H30ClN3O. The summed E-state index contributed by atoms with van der Waals surface area (Å²) in [7, 11) is 0. The van der Waals surface area contributed by atoms with Gasteiger partial charge in [0.2, 0.25) is 0 Å². The van der Waals surface area contributed by atoms with Crippen molar-refractivity contribution in [1.29, 1.82) is 0 Å². The van der Waals surface area contributed by atoms with Crippen LogP contribution in [0.3, 0.4) is 0 Å². The van der Waals surface area contributed by atoms with Gasteiger partial charge in [0.25, 0.3) is 0 Å². The standard InChI is InChI=1S/C30H30ClN3O/c31-26-10-5-22(6-11-26)19-25(20-33-27-15-17-32-18-16-27)23-8-13-29(14-9-23)35-21-28-12-7-24-3-1-2-4-30(24)34-28/h1-14,19,27,32-33H,15-18,20-21H2/b25-19-. The van der Waals surface area contributed by atoms with Crippen LogP contribution in [0.1, 0.15) is 29.7 Å². The molecule has 0 unspecified atom stereocenters. The van der Waals surface area contributed by atoms with Gasteiger partial charge in [-0.1, -0.05) is 60.1 Å². The maximum Gasteiger partial charge on any atom is 0.130 e. The zero-order chi connectivity index (χ0) is 23.9. The second-order valence-corrected chi connectivity index (χ2v) is 9.37. The van der Waals surface area contributed by atoms with Crippen LogP contribution in [-0.4, -0.2) is 30.7 Å². The number of halogens is 1. The molecule has 2 N–H and O–H groups in total. The molecule has 2 heterocycles. The highest BCUT2D eigenvalue weighted by Crippen LogP contribution is 2.23. The molecule has 1 saturated heterocycles. The molecule has 178 valence electrons. The molecule has 0 radical (unpaired) electrons. The Balaban J connectivity index is 1.29. The second-order valence-electron chi connectivity index (χ2n) is 8.93. The van der Waals surface area contributed by atoms with Crippen LogP contribution in [0.4, 0.5) is 0 Å². The number of benzene rings is 3. The highest BCUT2D eigenvalue weighted by atomic mass is 35.5. The van der Waals surface area contributed by atoms with E-state index in [1.54, 1.807) is 0 Å². The second kappa shape index (κ2) is 11.5. The SMILES string of the molecule is Clc1ccc(/C=C(/CNC2CCNCC2)c2ccc(OCc3ccc4ccccc4n3)cc2)cc1. The third-order valence-corrected chi connectivity index (χ3v) is 6.65. The van der Waals surface area contributed by atoms with E-state index in [0.717, 1.165) is 65.4 Å². The lowest BCUT2D eigenvalue weighted by molar-refractivity contribution is 0.302. The van der Waals surface area contributed by atoms with Crippen molar-refractivity contribution in [1.82, 2.24) is 15.6 Å². The molecule has 35 heavy (non-hydrogen) atoms. The smallest absolute Gasteiger partial charge is 0.130 e. The van der Waals surface area contributed by atoms with E-state index in [0.29, 0.717) is 12.6 Å². The molecule has 5 rings (SSSR count). The largest absolute Gasteiger partial charge is 0.487 e. The Kier molecular flexibility index (Phi) is 7.74. The van der Waals surface area contributed by atoms with E-state index < -0.39 is 0 Å². The molecule has 1 aliphatic heterocycles. The fourth-order valence-electron chi connectivity index (χ4n) is 4.39. The minimum atomic E-state index is 0.439. The van der Waals surface area contributed by atoms with Crippen molar-refractivity contribution in [3.63, 3.8) is 0 Å². The molecule has 0 amide bonds. The molecule has 5 heteroatoms. The summed E-state index contributed by atoms with van der Waals surface area (Å²) in [5, 5.41) is 9.07. The molecule has 0 spiro atoms. The van der Waals surface area contributed by atoms with Crippen molar-refractivity contribution in [2.24, 2.45) is 0 Å². The Hall–Kier alpha value is -3.18. The van der Waals surface area contributed by atoms with Crippen LogP contribution < -0.4 is 15.4 Å². The van der Waals surface area contributed by atoms with Gasteiger partial charge in [0.1, 0.15) is 12.4 Å². The number of ether oxygens (including phenoxy) is 1. The summed E-state index contributed by atoms with van der Waals surface area (Å²) in [6, 6.07) is 29.1. The molecule has 1 aliphatic rings. The molecule has 0 aliphatic carbocycles. The molecule has 3 aromatic carbocycles. The van der Waals surface area contributed by atoms with Crippen molar-refractivity contribution >= 4 is 34.2 Å². The molecule has 1 fully saturated rings. The third-order valence-electron chi connectivity index (χ3n) is 6.40. The van der Waals surface area contributed by atoms with Crippen molar-refractivity contribution in [3.05, 3.63) is 107 Å². The Morgan fingerprint density at radius 1 is 0.943 bits per heavy atom. The zero-order valence-electron chi connectivity index (χ0n) is 19.7. The lowest BCUT2D eigenvalue weighted by Crippen LogP contribution is -2.40. The summed E-state index contributed by atoms with van der Waals surface area (Å²) >= 11 is 6.09. The molecule has 0 bridgehead atoms. The molecule has 0 atom stereocenters. The number of hydrogen-bond acceptors (Lipinski definition) is 4. The van der Waals surface area contributed by atoms with E-state index in [-0.39, 0.29) is 0 Å². The van der Waals surface area contributed by atoms with Crippen LogP contribution >= 0.6 is 11.6 Å². The number of fused-ring (bicyclic) bond motifs is 1. The number of rotatable bonds is 8. The van der Waals surface area contributed by atoms with Crippen LogP contribution in [0.15, 0.2) is 84.9 Å². The van der Waals surface area contributed by atoms with Crippen molar-refractivity contribution in [2.45, 2.75) is 25.5 Å². The molecule has 1 aromatic heterocycles. The Labute approximate surface area is 212 Å². The Morgan fingerprint density at radius 3 is 2.51 bits per heavy atom. The van der Waals surface area contributed by atoms with Gasteiger partial charge in [-0.3, -0.25) is 0 Å². The van der Waals surface area contributed by atoms with E-state index in [9.17, 15) is 0 Å². The number of nitrogens with one attached hydrogen (secondary N) is 2. The molecule has 4 nitrogen and oxygen atoms in total. The summed E-state index contributed by atoms with van der Waals surface area (Å²) < 4.78 is 6.04. The van der Waals surface area contributed by atoms with Crippen LogP contribution in [0.25, 0.3) is 22.6 Å². The predicted molar refractivity (Wildman–Crippen MR) is 146 cm³/mol. The monoisotopic (exact) mass is 483 g/mol. The first kappa shape index (κ1) is 23.6. The zero-order valence-corrected chi connectivity index (χ0v) is 20.5. The average Bonchev–Trinajstić information content (AvgIpc) is 2.92. The van der Waals surface area contributed by atoms with Crippen LogP contribution in [0, 0.1) is 0 Å². The number of aromatic nitrogens is 1. The highest BCUT2D eigenvalue weighted by Gasteiger charge is 2.13. The van der Waals surface area contributed by atoms with E-state index in [1.807, 2.05) is 48.5 Å². The fourth-order valence-corrected chi connectivity index (χ4v) is 4.51. The number of nitrogens with zero attached hydrogens (tertiary/aromatic N) is 1. The summed E-state index contributed by atoms with van der Waals surface area (Å²) in [5.74, 6) is 0.834. The van der Waals surface area contributed by atoms with Gasteiger partial charge >= 0.3 is 0 Å². The number of hydrogen-bond donors (Lipinski definition) is 2. The normalized spacial score (nSPS) is 14.8. The van der Waals surface area contributed by atoms with Crippen LogP contribution in [0.5, 0.6) is 5.75 Å². The molecule has 4 aromatic rings. The van der Waals surface area contributed by atoms with Crippen molar-refractivity contribution in [2.75, 3.05) is 19.6 Å². The van der Waals surface area contributed by atoms with Crippen LogP contribution in [0.2, 0.25) is 5.02 Å². The summed E-state index contributed by atoms with van der Waals surface area (Å²) in [6.07, 6.45) is 4.55. The van der Waals surface area contributed by atoms with Crippen LogP contribution in [-0.2, 0) is 6.61 Å². The van der Waals surface area contributed by atoms with E-state index >= 15 is 0 Å². The number of para-hydroxylation sites is 1. The Morgan fingerprint density at radius 2 is 1.71 bits per heavy atom. The van der Waals surface area contributed by atoms with E-state index in [1.165, 1.54) is 11.1 Å². The first-order valence-electron chi connectivity index (χ1n) is 12.2. The number of pyridine rings is 1.